The second kappa shape index (κ2) is 4.64. The summed E-state index contributed by atoms with van der Waals surface area (Å²) in [6.45, 7) is 10.4. The first-order valence-corrected chi connectivity index (χ1v) is 6.42. The van der Waals surface area contributed by atoms with Gasteiger partial charge in [-0.3, -0.25) is 0 Å². The SMILES string of the molecule is Cc1cc(-n2nc(CC(C)(C)C)cc2N)nc(C)n1. The van der Waals surface area contributed by atoms with Crippen LogP contribution in [0.4, 0.5) is 5.82 Å². The lowest BCUT2D eigenvalue weighted by Crippen LogP contribution is -2.11. The predicted octanol–water partition coefficient (Wildman–Crippen LogP) is 2.45. The normalized spacial score (nSPS) is 11.8. The molecule has 0 unspecified atom stereocenters. The van der Waals surface area contributed by atoms with Crippen molar-refractivity contribution in [3.8, 4) is 5.82 Å². The number of anilines is 1. The van der Waals surface area contributed by atoms with Crippen LogP contribution in [0.15, 0.2) is 12.1 Å². The first-order valence-electron chi connectivity index (χ1n) is 6.42. The van der Waals surface area contributed by atoms with Gasteiger partial charge in [0.2, 0.25) is 0 Å². The number of nitrogens with two attached hydrogens (primary N) is 1. The summed E-state index contributed by atoms with van der Waals surface area (Å²) in [5.41, 5.74) is 8.11. The smallest absolute Gasteiger partial charge is 0.159 e. The third-order valence-corrected chi connectivity index (χ3v) is 2.67. The highest BCUT2D eigenvalue weighted by Crippen LogP contribution is 2.22. The molecule has 0 aliphatic carbocycles. The molecule has 0 spiro atoms. The zero-order chi connectivity index (χ0) is 14.2. The minimum Gasteiger partial charge on any atom is -0.384 e. The van der Waals surface area contributed by atoms with Crippen LogP contribution >= 0.6 is 0 Å². The maximum atomic E-state index is 6.03. The number of hydrogen-bond acceptors (Lipinski definition) is 4. The van der Waals surface area contributed by atoms with Crippen molar-refractivity contribution in [2.45, 2.75) is 41.0 Å². The van der Waals surface area contributed by atoms with E-state index in [9.17, 15) is 0 Å². The molecule has 2 heterocycles. The Hall–Kier alpha value is -1.91. The highest BCUT2D eigenvalue weighted by atomic mass is 15.3. The Morgan fingerprint density at radius 2 is 1.84 bits per heavy atom. The quantitative estimate of drug-likeness (QED) is 0.899. The number of hydrogen-bond donors (Lipinski definition) is 1. The van der Waals surface area contributed by atoms with E-state index >= 15 is 0 Å². The summed E-state index contributed by atoms with van der Waals surface area (Å²) in [4.78, 5) is 8.65. The van der Waals surface area contributed by atoms with Gasteiger partial charge in [-0.2, -0.15) is 9.78 Å². The van der Waals surface area contributed by atoms with Gasteiger partial charge in [0.15, 0.2) is 5.82 Å². The lowest BCUT2D eigenvalue weighted by atomic mass is 9.91. The average molecular weight is 259 g/mol. The number of aryl methyl sites for hydroxylation is 2. The van der Waals surface area contributed by atoms with Gasteiger partial charge >= 0.3 is 0 Å². The molecule has 5 heteroatoms. The molecule has 2 N–H and O–H groups in total. The van der Waals surface area contributed by atoms with Crippen LogP contribution in [0, 0.1) is 19.3 Å². The van der Waals surface area contributed by atoms with Gasteiger partial charge in [-0.1, -0.05) is 20.8 Å². The van der Waals surface area contributed by atoms with Crippen molar-refractivity contribution < 1.29 is 0 Å². The van der Waals surface area contributed by atoms with Gasteiger partial charge in [0, 0.05) is 17.8 Å². The minimum atomic E-state index is 0.184. The molecule has 5 nitrogen and oxygen atoms in total. The van der Waals surface area contributed by atoms with Crippen LogP contribution in [0.3, 0.4) is 0 Å². The lowest BCUT2D eigenvalue weighted by Gasteiger charge is -2.15. The largest absolute Gasteiger partial charge is 0.384 e. The molecule has 0 amide bonds. The van der Waals surface area contributed by atoms with E-state index in [2.05, 4.69) is 35.8 Å². The number of nitrogens with zero attached hydrogens (tertiary/aromatic N) is 4. The minimum absolute atomic E-state index is 0.184. The van der Waals surface area contributed by atoms with Crippen molar-refractivity contribution in [2.24, 2.45) is 5.41 Å². The zero-order valence-corrected chi connectivity index (χ0v) is 12.2. The summed E-state index contributed by atoms with van der Waals surface area (Å²) in [6, 6.07) is 3.80. The topological polar surface area (TPSA) is 69.6 Å². The molecule has 2 rings (SSSR count). The monoisotopic (exact) mass is 259 g/mol. The van der Waals surface area contributed by atoms with E-state index in [4.69, 9.17) is 5.73 Å². The Morgan fingerprint density at radius 3 is 2.42 bits per heavy atom. The molecule has 19 heavy (non-hydrogen) atoms. The van der Waals surface area contributed by atoms with Crippen LogP contribution in [0.1, 0.15) is 38.0 Å². The number of rotatable bonds is 2. The van der Waals surface area contributed by atoms with Gasteiger partial charge in [0.1, 0.15) is 11.6 Å². The Labute approximate surface area is 113 Å². The van der Waals surface area contributed by atoms with Crippen LogP contribution in [0.5, 0.6) is 0 Å². The Bertz CT molecular complexity index is 572. The van der Waals surface area contributed by atoms with Gasteiger partial charge in [-0.05, 0) is 25.7 Å². The van der Waals surface area contributed by atoms with Gasteiger partial charge in [0.25, 0.3) is 0 Å². The summed E-state index contributed by atoms with van der Waals surface area (Å²) in [5.74, 6) is 2.06. The van der Waals surface area contributed by atoms with Crippen molar-refractivity contribution in [3.63, 3.8) is 0 Å². The molecule has 0 fully saturated rings. The highest BCUT2D eigenvalue weighted by molar-refractivity contribution is 5.40. The number of nitrogen functional groups attached to an aromatic ring is 1. The molecule has 0 radical (unpaired) electrons. The second-order valence-electron chi connectivity index (χ2n) is 6.12. The number of aromatic nitrogens is 4. The van der Waals surface area contributed by atoms with Crippen LogP contribution in [-0.4, -0.2) is 19.7 Å². The molecule has 2 aromatic rings. The predicted molar refractivity (Wildman–Crippen MR) is 76.2 cm³/mol. The fourth-order valence-corrected chi connectivity index (χ4v) is 2.07. The zero-order valence-electron chi connectivity index (χ0n) is 12.2. The van der Waals surface area contributed by atoms with Gasteiger partial charge in [0.05, 0.1) is 5.69 Å². The summed E-state index contributed by atoms with van der Waals surface area (Å²) < 4.78 is 1.68. The Morgan fingerprint density at radius 1 is 1.16 bits per heavy atom. The summed E-state index contributed by atoms with van der Waals surface area (Å²) in [7, 11) is 0. The molecule has 0 aliphatic rings. The molecular formula is C14H21N5. The summed E-state index contributed by atoms with van der Waals surface area (Å²) in [5, 5.41) is 4.55. The van der Waals surface area contributed by atoms with Gasteiger partial charge in [-0.15, -0.1) is 0 Å². The standard InChI is InChI=1S/C14H21N5/c1-9-6-13(17-10(2)16-9)19-12(15)7-11(18-19)8-14(3,4)5/h6-7H,8,15H2,1-5H3. The van der Waals surface area contributed by atoms with E-state index in [1.807, 2.05) is 26.0 Å². The van der Waals surface area contributed by atoms with Crippen LogP contribution < -0.4 is 5.73 Å². The molecule has 102 valence electrons. The van der Waals surface area contributed by atoms with E-state index in [-0.39, 0.29) is 5.41 Å². The van der Waals surface area contributed by atoms with Crippen molar-refractivity contribution >= 4 is 5.82 Å². The van der Waals surface area contributed by atoms with Crippen LogP contribution in [0.25, 0.3) is 5.82 Å². The molecule has 0 aliphatic heterocycles. The van der Waals surface area contributed by atoms with Crippen LogP contribution in [0.2, 0.25) is 0 Å². The van der Waals surface area contributed by atoms with Crippen molar-refractivity contribution in [1.82, 2.24) is 19.7 Å². The summed E-state index contributed by atoms with van der Waals surface area (Å²) in [6.07, 6.45) is 0.882. The highest BCUT2D eigenvalue weighted by Gasteiger charge is 2.16. The third-order valence-electron chi connectivity index (χ3n) is 2.67. The van der Waals surface area contributed by atoms with E-state index in [1.54, 1.807) is 4.68 Å². The first kappa shape index (κ1) is 13.5. The molecule has 0 saturated heterocycles. The fraction of sp³-hybridized carbons (Fsp3) is 0.500. The van der Waals surface area contributed by atoms with Gasteiger partial charge in [-0.25, -0.2) is 9.97 Å². The average Bonchev–Trinajstić information content (AvgIpc) is 2.54. The molecular weight excluding hydrogens is 238 g/mol. The van der Waals surface area contributed by atoms with E-state index < -0.39 is 0 Å². The maximum Gasteiger partial charge on any atom is 0.159 e. The van der Waals surface area contributed by atoms with Crippen molar-refractivity contribution in [3.05, 3.63) is 29.3 Å². The molecule has 0 atom stereocenters. The van der Waals surface area contributed by atoms with E-state index in [0.717, 1.165) is 29.5 Å². The van der Waals surface area contributed by atoms with Crippen molar-refractivity contribution in [2.75, 3.05) is 5.73 Å². The molecule has 0 bridgehead atoms. The van der Waals surface area contributed by atoms with Crippen molar-refractivity contribution in [1.29, 1.82) is 0 Å². The molecule has 0 aromatic carbocycles. The fourth-order valence-electron chi connectivity index (χ4n) is 2.07. The van der Waals surface area contributed by atoms with Crippen LogP contribution in [-0.2, 0) is 6.42 Å². The second-order valence-corrected chi connectivity index (χ2v) is 6.12. The van der Waals surface area contributed by atoms with E-state index in [0.29, 0.717) is 5.82 Å². The molecule has 0 saturated carbocycles. The van der Waals surface area contributed by atoms with E-state index in [1.165, 1.54) is 0 Å². The molecule has 2 aromatic heterocycles. The Balaban J connectivity index is 2.40. The summed E-state index contributed by atoms with van der Waals surface area (Å²) >= 11 is 0. The lowest BCUT2D eigenvalue weighted by molar-refractivity contribution is 0.405. The Kier molecular flexibility index (Phi) is 3.30. The first-order chi connectivity index (χ1) is 8.74. The van der Waals surface area contributed by atoms with Gasteiger partial charge < -0.3 is 5.73 Å². The third kappa shape index (κ3) is 3.30. The maximum absolute atomic E-state index is 6.03.